The molecule has 15 heavy (non-hydrogen) atoms. The second kappa shape index (κ2) is 5.33. The van der Waals surface area contributed by atoms with Crippen LogP contribution in [-0.4, -0.2) is 30.6 Å². The van der Waals surface area contributed by atoms with Gasteiger partial charge in [0.2, 0.25) is 0 Å². The van der Waals surface area contributed by atoms with Gasteiger partial charge in [0, 0.05) is 31.2 Å². The summed E-state index contributed by atoms with van der Waals surface area (Å²) in [6.07, 6.45) is 6.32. The van der Waals surface area contributed by atoms with E-state index in [-0.39, 0.29) is 0 Å². The zero-order valence-electron chi connectivity index (χ0n) is 9.41. The maximum atomic E-state index is 5.01. The van der Waals surface area contributed by atoms with Gasteiger partial charge in [0.15, 0.2) is 0 Å². The lowest BCUT2D eigenvalue weighted by molar-refractivity contribution is 0.277. The van der Waals surface area contributed by atoms with Crippen molar-refractivity contribution in [2.75, 3.05) is 19.6 Å². The highest BCUT2D eigenvalue weighted by Crippen LogP contribution is 2.25. The number of hydrogen-bond donors (Lipinski definition) is 1. The van der Waals surface area contributed by atoms with Crippen molar-refractivity contribution in [2.24, 2.45) is 0 Å². The van der Waals surface area contributed by atoms with Gasteiger partial charge >= 0.3 is 0 Å². The molecule has 1 N–H and O–H groups in total. The Bertz CT molecular complexity index is 267. The largest absolute Gasteiger partial charge is 0.472 e. The summed E-state index contributed by atoms with van der Waals surface area (Å²) < 4.78 is 5.01. The van der Waals surface area contributed by atoms with Crippen LogP contribution in [0.3, 0.4) is 0 Å². The molecule has 1 aliphatic carbocycles. The number of likely N-dealkylation sites (N-methyl/N-ethyl adjacent to an activating group) is 1. The van der Waals surface area contributed by atoms with Crippen LogP contribution in [0.25, 0.3) is 0 Å². The average Bonchev–Trinajstić information content (AvgIpc) is 2.95. The standard InChI is InChI=1S/C12H20N2O/c1-2-14(12-3-4-12)7-6-13-9-11-5-8-15-10-11/h5,8,10,12-13H,2-4,6-7,9H2,1H3. The molecule has 1 fully saturated rings. The van der Waals surface area contributed by atoms with Crippen LogP contribution in [-0.2, 0) is 6.54 Å². The third-order valence-electron chi connectivity index (χ3n) is 2.95. The zero-order chi connectivity index (χ0) is 10.5. The minimum Gasteiger partial charge on any atom is -0.472 e. The summed E-state index contributed by atoms with van der Waals surface area (Å²) in [7, 11) is 0. The van der Waals surface area contributed by atoms with Gasteiger partial charge in [0.25, 0.3) is 0 Å². The van der Waals surface area contributed by atoms with E-state index in [0.717, 1.165) is 19.1 Å². The molecule has 1 aliphatic rings. The Kier molecular flexibility index (Phi) is 3.80. The van der Waals surface area contributed by atoms with E-state index in [1.54, 1.807) is 12.5 Å². The molecular weight excluding hydrogens is 188 g/mol. The highest BCUT2D eigenvalue weighted by atomic mass is 16.3. The lowest BCUT2D eigenvalue weighted by Crippen LogP contribution is -2.33. The van der Waals surface area contributed by atoms with Crippen LogP contribution in [0.1, 0.15) is 25.3 Å². The second-order valence-electron chi connectivity index (χ2n) is 4.17. The lowest BCUT2D eigenvalue weighted by atomic mass is 10.3. The molecule has 0 spiro atoms. The molecule has 84 valence electrons. The van der Waals surface area contributed by atoms with Gasteiger partial charge in [0.05, 0.1) is 12.5 Å². The van der Waals surface area contributed by atoms with Gasteiger partial charge in [-0.2, -0.15) is 0 Å². The van der Waals surface area contributed by atoms with Crippen LogP contribution >= 0.6 is 0 Å². The molecule has 3 heteroatoms. The minimum absolute atomic E-state index is 0.880. The van der Waals surface area contributed by atoms with Gasteiger partial charge in [-0.1, -0.05) is 6.92 Å². The molecule has 0 atom stereocenters. The summed E-state index contributed by atoms with van der Waals surface area (Å²) in [4.78, 5) is 2.56. The van der Waals surface area contributed by atoms with Crippen LogP contribution in [0.5, 0.6) is 0 Å². The molecule has 1 aromatic heterocycles. The van der Waals surface area contributed by atoms with Crippen molar-refractivity contribution < 1.29 is 4.42 Å². The molecule has 3 nitrogen and oxygen atoms in total. The maximum absolute atomic E-state index is 5.01. The van der Waals surface area contributed by atoms with Gasteiger partial charge in [0.1, 0.15) is 0 Å². The van der Waals surface area contributed by atoms with Crippen molar-refractivity contribution in [3.63, 3.8) is 0 Å². The Morgan fingerprint density at radius 2 is 2.40 bits per heavy atom. The predicted octanol–water partition coefficient (Wildman–Crippen LogP) is 1.85. The Morgan fingerprint density at radius 1 is 1.53 bits per heavy atom. The molecule has 1 heterocycles. The SMILES string of the molecule is CCN(CCNCc1ccoc1)C1CC1. The molecule has 0 aromatic carbocycles. The van der Waals surface area contributed by atoms with Gasteiger partial charge in [-0.3, -0.25) is 4.90 Å². The van der Waals surface area contributed by atoms with E-state index in [2.05, 4.69) is 17.1 Å². The molecule has 0 radical (unpaired) electrons. The van der Waals surface area contributed by atoms with E-state index in [0.29, 0.717) is 0 Å². The summed E-state index contributed by atoms with van der Waals surface area (Å²) in [5.41, 5.74) is 1.23. The molecule has 0 unspecified atom stereocenters. The van der Waals surface area contributed by atoms with Crippen LogP contribution < -0.4 is 5.32 Å². The quantitative estimate of drug-likeness (QED) is 0.693. The first-order valence-corrected chi connectivity index (χ1v) is 5.86. The lowest BCUT2D eigenvalue weighted by Gasteiger charge is -2.19. The Labute approximate surface area is 91.4 Å². The van der Waals surface area contributed by atoms with Gasteiger partial charge in [-0.05, 0) is 25.5 Å². The van der Waals surface area contributed by atoms with Gasteiger partial charge in [-0.15, -0.1) is 0 Å². The Hall–Kier alpha value is -0.800. The summed E-state index contributed by atoms with van der Waals surface area (Å²) in [6.45, 7) is 6.57. The fourth-order valence-electron chi connectivity index (χ4n) is 1.89. The van der Waals surface area contributed by atoms with Crippen LogP contribution in [0.15, 0.2) is 23.0 Å². The first-order chi connectivity index (χ1) is 7.40. The predicted molar refractivity (Wildman–Crippen MR) is 60.7 cm³/mol. The highest BCUT2D eigenvalue weighted by Gasteiger charge is 2.26. The van der Waals surface area contributed by atoms with E-state index < -0.39 is 0 Å². The third kappa shape index (κ3) is 3.36. The fourth-order valence-corrected chi connectivity index (χ4v) is 1.89. The van der Waals surface area contributed by atoms with Crippen molar-refractivity contribution >= 4 is 0 Å². The highest BCUT2D eigenvalue weighted by molar-refractivity contribution is 5.04. The van der Waals surface area contributed by atoms with Crippen LogP contribution in [0.2, 0.25) is 0 Å². The molecular formula is C12H20N2O. The van der Waals surface area contributed by atoms with E-state index in [9.17, 15) is 0 Å². The molecule has 1 aromatic rings. The summed E-state index contributed by atoms with van der Waals surface area (Å²) >= 11 is 0. The van der Waals surface area contributed by atoms with E-state index >= 15 is 0 Å². The van der Waals surface area contributed by atoms with E-state index in [1.165, 1.54) is 31.5 Å². The molecule has 0 bridgehead atoms. The Balaban J connectivity index is 1.58. The van der Waals surface area contributed by atoms with Crippen LogP contribution in [0.4, 0.5) is 0 Å². The number of nitrogens with one attached hydrogen (secondary N) is 1. The average molecular weight is 208 g/mol. The number of rotatable bonds is 7. The fraction of sp³-hybridized carbons (Fsp3) is 0.667. The topological polar surface area (TPSA) is 28.4 Å². The van der Waals surface area contributed by atoms with E-state index in [4.69, 9.17) is 4.42 Å². The Morgan fingerprint density at radius 3 is 3.00 bits per heavy atom. The van der Waals surface area contributed by atoms with Gasteiger partial charge < -0.3 is 9.73 Å². The zero-order valence-corrected chi connectivity index (χ0v) is 9.41. The smallest absolute Gasteiger partial charge is 0.0947 e. The van der Waals surface area contributed by atoms with Crippen LogP contribution in [0, 0.1) is 0 Å². The first kappa shape index (κ1) is 10.7. The summed E-state index contributed by atoms with van der Waals surface area (Å²) in [6, 6.07) is 2.89. The van der Waals surface area contributed by atoms with Crippen molar-refractivity contribution in [1.82, 2.24) is 10.2 Å². The molecule has 0 amide bonds. The van der Waals surface area contributed by atoms with Gasteiger partial charge in [-0.25, -0.2) is 0 Å². The van der Waals surface area contributed by atoms with Crippen molar-refractivity contribution in [1.29, 1.82) is 0 Å². The summed E-state index contributed by atoms with van der Waals surface area (Å²) in [5.74, 6) is 0. The maximum Gasteiger partial charge on any atom is 0.0947 e. The molecule has 1 saturated carbocycles. The number of furan rings is 1. The summed E-state index contributed by atoms with van der Waals surface area (Å²) in [5, 5.41) is 3.43. The van der Waals surface area contributed by atoms with Crippen molar-refractivity contribution in [3.8, 4) is 0 Å². The molecule has 0 saturated heterocycles. The molecule has 0 aliphatic heterocycles. The second-order valence-corrected chi connectivity index (χ2v) is 4.17. The first-order valence-electron chi connectivity index (χ1n) is 5.86. The molecule has 2 rings (SSSR count). The monoisotopic (exact) mass is 208 g/mol. The number of nitrogens with zero attached hydrogens (tertiary/aromatic N) is 1. The van der Waals surface area contributed by atoms with Crippen molar-refractivity contribution in [3.05, 3.63) is 24.2 Å². The van der Waals surface area contributed by atoms with E-state index in [1.807, 2.05) is 6.07 Å². The third-order valence-corrected chi connectivity index (χ3v) is 2.95. The normalized spacial score (nSPS) is 16.1. The number of hydrogen-bond acceptors (Lipinski definition) is 3. The minimum atomic E-state index is 0.880. The van der Waals surface area contributed by atoms with Crippen molar-refractivity contribution in [2.45, 2.75) is 32.4 Å².